The van der Waals surface area contributed by atoms with E-state index >= 15 is 0 Å². The third-order valence-corrected chi connectivity index (χ3v) is 13.5. The summed E-state index contributed by atoms with van der Waals surface area (Å²) in [6.07, 6.45) is 6.03. The number of methoxy groups -OCH3 is 1. The number of fused-ring (bicyclic) bond motifs is 3. The average molecular weight is 834 g/mol. The van der Waals surface area contributed by atoms with E-state index < -0.39 is 29.0 Å². The number of carbonyl (C=O) groups excluding carboxylic acids is 2. The largest absolute Gasteiger partial charge is 0.493 e. The number of benzene rings is 2. The first-order chi connectivity index (χ1) is 28.3. The van der Waals surface area contributed by atoms with Crippen molar-refractivity contribution in [1.82, 2.24) is 20.0 Å². The van der Waals surface area contributed by atoms with Crippen LogP contribution in [-0.2, 0) is 39.1 Å². The Labute approximate surface area is 347 Å². The fraction of sp³-hybridized carbons (Fsp3) is 0.533. The van der Waals surface area contributed by atoms with Gasteiger partial charge in [-0.05, 0) is 141 Å². The van der Waals surface area contributed by atoms with E-state index in [9.17, 15) is 22.8 Å². The van der Waals surface area contributed by atoms with Gasteiger partial charge in [-0.2, -0.15) is 13.2 Å². The first kappa shape index (κ1) is 41.1. The third-order valence-electron chi connectivity index (χ3n) is 13.3. The number of halogens is 4. The van der Waals surface area contributed by atoms with Gasteiger partial charge >= 0.3 is 18.1 Å². The molecule has 4 aliphatic rings. The summed E-state index contributed by atoms with van der Waals surface area (Å²) in [5.74, 6) is -0.423. The number of esters is 1. The van der Waals surface area contributed by atoms with Crippen molar-refractivity contribution >= 4 is 29.2 Å². The van der Waals surface area contributed by atoms with Crippen molar-refractivity contribution in [3.05, 3.63) is 94.0 Å². The molecule has 2 aromatic carbocycles. The molecule has 1 spiro atoms. The van der Waals surface area contributed by atoms with Crippen molar-refractivity contribution in [3.63, 3.8) is 0 Å². The molecule has 0 unspecified atom stereocenters. The van der Waals surface area contributed by atoms with Crippen molar-refractivity contribution in [2.45, 2.75) is 120 Å². The summed E-state index contributed by atoms with van der Waals surface area (Å²) in [4.78, 5) is 32.6. The zero-order valence-electron chi connectivity index (χ0n) is 33.8. The van der Waals surface area contributed by atoms with Crippen LogP contribution in [0.25, 0.3) is 0 Å². The topological polar surface area (TPSA) is 109 Å². The standard InChI is InChI=1S/C45H51ClF3N5O5/c1-28(27-59-39-14-19-50-37-9-4-6-29(2)40(37)39)22-32-23-31-12-13-35(58-21-20-53-26-38(51-52-53)30-10-11-30)25-36(31)43(32)15-17-44(18-16-43,42(56)57-3)54(41(55)45(47,48)49)34-8-5-7-33(46)24-34/h5,7-8,12-14,19,24-26,28-30,32H,4,6,9-11,15-18,20-23,27H2,1-3H3/t28-,29-,32+,43?,44?/m1/s1. The molecule has 0 radical (unpaired) electrons. The summed E-state index contributed by atoms with van der Waals surface area (Å²) >= 11 is 6.27. The normalized spacial score (nSPS) is 24.3. The van der Waals surface area contributed by atoms with Crippen LogP contribution in [0.2, 0.25) is 5.02 Å². The molecule has 0 aliphatic heterocycles. The lowest BCUT2D eigenvalue weighted by Crippen LogP contribution is -2.63. The maximum atomic E-state index is 14.5. The van der Waals surface area contributed by atoms with Gasteiger partial charge in [0.1, 0.15) is 23.6 Å². The van der Waals surface area contributed by atoms with Gasteiger partial charge in [0, 0.05) is 40.3 Å². The van der Waals surface area contributed by atoms with E-state index in [2.05, 4.69) is 41.3 Å². The Hall–Kier alpha value is -4.65. The molecule has 0 N–H and O–H groups in total. The van der Waals surface area contributed by atoms with E-state index in [-0.39, 0.29) is 35.4 Å². The quantitative estimate of drug-likeness (QED) is 0.123. The number of aromatic nitrogens is 4. The highest BCUT2D eigenvalue weighted by Crippen LogP contribution is 2.58. The number of nitrogens with zero attached hydrogens (tertiary/aromatic N) is 5. The lowest BCUT2D eigenvalue weighted by atomic mass is 9.59. The predicted octanol–water partition coefficient (Wildman–Crippen LogP) is 9.32. The summed E-state index contributed by atoms with van der Waals surface area (Å²) in [7, 11) is 1.15. The second-order valence-corrected chi connectivity index (χ2v) is 17.6. The molecule has 4 aliphatic carbocycles. The molecular weight excluding hydrogens is 783 g/mol. The summed E-state index contributed by atoms with van der Waals surface area (Å²) in [6, 6.07) is 13.7. The van der Waals surface area contributed by atoms with Gasteiger partial charge in [-0.1, -0.05) is 42.8 Å². The number of carbonyl (C=O) groups is 2. The number of rotatable bonds is 13. The Balaban J connectivity index is 1.08. The molecule has 59 heavy (non-hydrogen) atoms. The summed E-state index contributed by atoms with van der Waals surface area (Å²) < 4.78 is 63.3. The molecule has 0 bridgehead atoms. The van der Waals surface area contributed by atoms with Crippen LogP contribution in [0, 0.1) is 11.8 Å². The van der Waals surface area contributed by atoms with Crippen LogP contribution in [0.1, 0.15) is 112 Å². The van der Waals surface area contributed by atoms with E-state index in [1.54, 1.807) is 4.68 Å². The fourth-order valence-corrected chi connectivity index (χ4v) is 10.4. The van der Waals surface area contributed by atoms with Gasteiger partial charge in [0.15, 0.2) is 0 Å². The number of ether oxygens (including phenoxy) is 3. The second-order valence-electron chi connectivity index (χ2n) is 17.2. The Morgan fingerprint density at radius 1 is 1.05 bits per heavy atom. The Bertz CT molecular complexity index is 2180. The predicted molar refractivity (Wildman–Crippen MR) is 216 cm³/mol. The molecule has 314 valence electrons. The van der Waals surface area contributed by atoms with Gasteiger partial charge in [0.25, 0.3) is 0 Å². The van der Waals surface area contributed by atoms with Crippen LogP contribution in [0.15, 0.2) is 60.9 Å². The second kappa shape index (κ2) is 16.4. The minimum absolute atomic E-state index is 0.0589. The molecular formula is C45H51ClF3N5O5. The van der Waals surface area contributed by atoms with Gasteiger partial charge in [-0.3, -0.25) is 14.7 Å². The van der Waals surface area contributed by atoms with Gasteiger partial charge in [-0.15, -0.1) is 5.10 Å². The SMILES string of the molecule is COC(=O)C1(N(C(=O)C(F)(F)F)c2cccc(Cl)c2)CCC2(CC1)c1cc(OCCn3cc(C4CC4)nn3)ccc1C[C@@H]2C[C@@H](C)COc1ccnc2c1[C@H](C)CCC2. The maximum Gasteiger partial charge on any atom is 0.471 e. The molecule has 2 fully saturated rings. The van der Waals surface area contributed by atoms with Gasteiger partial charge < -0.3 is 14.2 Å². The van der Waals surface area contributed by atoms with E-state index in [0.717, 1.165) is 80.3 Å². The molecule has 2 aromatic heterocycles. The van der Waals surface area contributed by atoms with Gasteiger partial charge in [0.2, 0.25) is 0 Å². The average Bonchev–Trinajstić information content (AvgIpc) is 3.90. The Morgan fingerprint density at radius 3 is 2.58 bits per heavy atom. The molecule has 10 nitrogen and oxygen atoms in total. The molecule has 2 saturated carbocycles. The molecule has 14 heteroatoms. The van der Waals surface area contributed by atoms with E-state index in [1.165, 1.54) is 29.8 Å². The number of alkyl halides is 3. The zero-order chi connectivity index (χ0) is 41.5. The van der Waals surface area contributed by atoms with Crippen molar-refractivity contribution in [2.24, 2.45) is 11.8 Å². The summed E-state index contributed by atoms with van der Waals surface area (Å²) in [5, 5.41) is 8.70. The first-order valence-corrected chi connectivity index (χ1v) is 21.2. The molecule has 4 aromatic rings. The van der Waals surface area contributed by atoms with Crippen molar-refractivity contribution < 1.29 is 37.0 Å². The monoisotopic (exact) mass is 833 g/mol. The lowest BCUT2D eigenvalue weighted by molar-refractivity contribution is -0.174. The van der Waals surface area contributed by atoms with E-state index in [1.807, 2.05) is 24.5 Å². The van der Waals surface area contributed by atoms with Crippen molar-refractivity contribution in [1.29, 1.82) is 0 Å². The van der Waals surface area contributed by atoms with Crippen molar-refractivity contribution in [2.75, 3.05) is 25.2 Å². The molecule has 0 saturated heterocycles. The fourth-order valence-electron chi connectivity index (χ4n) is 10.2. The highest BCUT2D eigenvalue weighted by molar-refractivity contribution is 6.31. The highest BCUT2D eigenvalue weighted by Gasteiger charge is 2.60. The highest BCUT2D eigenvalue weighted by atomic mass is 35.5. The number of amides is 1. The van der Waals surface area contributed by atoms with Crippen LogP contribution in [-0.4, -0.2) is 63.9 Å². The van der Waals surface area contributed by atoms with Gasteiger partial charge in [-0.25, -0.2) is 9.48 Å². The number of pyridine rings is 1. The molecule has 2 heterocycles. The Kier molecular flexibility index (Phi) is 11.4. The smallest absolute Gasteiger partial charge is 0.471 e. The maximum absolute atomic E-state index is 14.5. The van der Waals surface area contributed by atoms with Crippen molar-refractivity contribution in [3.8, 4) is 11.5 Å². The third kappa shape index (κ3) is 8.15. The van der Waals surface area contributed by atoms with Crippen LogP contribution < -0.4 is 14.4 Å². The lowest BCUT2D eigenvalue weighted by Gasteiger charge is -2.51. The molecule has 1 amide bonds. The summed E-state index contributed by atoms with van der Waals surface area (Å²) in [5.41, 5.74) is 2.94. The van der Waals surface area contributed by atoms with E-state index in [0.29, 0.717) is 55.1 Å². The molecule has 3 atom stereocenters. The summed E-state index contributed by atoms with van der Waals surface area (Å²) in [6.45, 7) is 5.77. The first-order valence-electron chi connectivity index (χ1n) is 20.8. The minimum atomic E-state index is -5.26. The van der Waals surface area contributed by atoms with Crippen LogP contribution in [0.5, 0.6) is 11.5 Å². The van der Waals surface area contributed by atoms with E-state index in [4.69, 9.17) is 25.8 Å². The number of aryl methyl sites for hydroxylation is 1. The number of hydrogen-bond donors (Lipinski definition) is 0. The van der Waals surface area contributed by atoms with Crippen LogP contribution in [0.3, 0.4) is 0 Å². The van der Waals surface area contributed by atoms with Crippen LogP contribution in [0.4, 0.5) is 18.9 Å². The zero-order valence-corrected chi connectivity index (χ0v) is 34.5. The Morgan fingerprint density at radius 2 is 1.85 bits per heavy atom. The molecule has 8 rings (SSSR count). The minimum Gasteiger partial charge on any atom is -0.493 e. The number of anilines is 1. The van der Waals surface area contributed by atoms with Crippen LogP contribution >= 0.6 is 11.6 Å². The number of hydrogen-bond acceptors (Lipinski definition) is 8. The van der Waals surface area contributed by atoms with Gasteiger partial charge in [0.05, 0.1) is 26.0 Å².